The van der Waals surface area contributed by atoms with Gasteiger partial charge in [-0.25, -0.2) is 0 Å². The average molecular weight is 300 g/mol. The number of hydrogen-bond acceptors (Lipinski definition) is 4. The van der Waals surface area contributed by atoms with Crippen LogP contribution in [0.2, 0.25) is 0 Å². The number of β-amino-alcohol motifs (C(OH)–C–C–N with tert-alkyl or cyclic N) is 1. The van der Waals surface area contributed by atoms with Crippen molar-refractivity contribution in [2.24, 2.45) is 0 Å². The van der Waals surface area contributed by atoms with Gasteiger partial charge in [0.05, 0.1) is 18.3 Å². The molecule has 0 bridgehead atoms. The number of nitrogens with one attached hydrogen (secondary N) is 2. The number of aromatic nitrogens is 2. The summed E-state index contributed by atoms with van der Waals surface area (Å²) in [7, 11) is 0. The molecule has 3 N–H and O–H groups in total. The Morgan fingerprint density at radius 1 is 1.45 bits per heavy atom. The molecule has 1 fully saturated rings. The summed E-state index contributed by atoms with van der Waals surface area (Å²) in [5.41, 5.74) is 2.51. The number of amides is 1. The quantitative estimate of drug-likeness (QED) is 0.801. The summed E-state index contributed by atoms with van der Waals surface area (Å²) in [5, 5.41) is 19.8. The highest BCUT2D eigenvalue weighted by Gasteiger charge is 2.23. The Bertz CT molecular complexity index is 627. The van der Waals surface area contributed by atoms with E-state index < -0.39 is 6.10 Å². The molecule has 0 saturated carbocycles. The summed E-state index contributed by atoms with van der Waals surface area (Å²) in [5.74, 6) is -0.0241. The van der Waals surface area contributed by atoms with E-state index in [0.717, 1.165) is 24.2 Å². The fraction of sp³-hybridized carbons (Fsp3) is 0.375. The maximum atomic E-state index is 12.5. The molecule has 116 valence electrons. The summed E-state index contributed by atoms with van der Waals surface area (Å²) in [6.45, 7) is 1.76. The maximum Gasteiger partial charge on any atom is 0.254 e. The molecule has 0 aliphatic carbocycles. The van der Waals surface area contributed by atoms with E-state index in [0.29, 0.717) is 25.2 Å². The highest BCUT2D eigenvalue weighted by molar-refractivity contribution is 5.95. The summed E-state index contributed by atoms with van der Waals surface area (Å²) in [4.78, 5) is 14.2. The molecule has 1 aromatic carbocycles. The van der Waals surface area contributed by atoms with Crippen molar-refractivity contribution in [1.29, 1.82) is 0 Å². The molecule has 1 aromatic heterocycles. The molecular formula is C16H20N4O2. The normalized spacial score (nSPS) is 18.2. The average Bonchev–Trinajstić information content (AvgIpc) is 3.06. The smallest absolute Gasteiger partial charge is 0.254 e. The topological polar surface area (TPSA) is 81.2 Å². The second-order valence-corrected chi connectivity index (χ2v) is 5.56. The molecule has 1 saturated heterocycles. The van der Waals surface area contributed by atoms with E-state index in [-0.39, 0.29) is 5.91 Å². The first kappa shape index (κ1) is 14.6. The monoisotopic (exact) mass is 300 g/mol. The number of H-pyrrole nitrogens is 1. The van der Waals surface area contributed by atoms with Crippen LogP contribution >= 0.6 is 0 Å². The Morgan fingerprint density at radius 2 is 2.36 bits per heavy atom. The number of nitrogens with zero attached hydrogens (tertiary/aromatic N) is 2. The fourth-order valence-electron chi connectivity index (χ4n) is 2.66. The van der Waals surface area contributed by atoms with Gasteiger partial charge in [0.1, 0.15) is 0 Å². The van der Waals surface area contributed by atoms with Gasteiger partial charge in [0, 0.05) is 30.5 Å². The number of aliphatic hydroxyl groups excluding tert-OH is 1. The van der Waals surface area contributed by atoms with E-state index >= 15 is 0 Å². The van der Waals surface area contributed by atoms with Crippen molar-refractivity contribution >= 4 is 11.6 Å². The largest absolute Gasteiger partial charge is 0.391 e. The maximum absolute atomic E-state index is 12.5. The minimum absolute atomic E-state index is 0.0241. The van der Waals surface area contributed by atoms with Crippen LogP contribution in [0.4, 0.5) is 5.69 Å². The van der Waals surface area contributed by atoms with E-state index in [9.17, 15) is 9.90 Å². The number of likely N-dealkylation sites (tertiary alicyclic amines) is 1. The van der Waals surface area contributed by atoms with Crippen molar-refractivity contribution < 1.29 is 9.90 Å². The van der Waals surface area contributed by atoms with Gasteiger partial charge in [-0.3, -0.25) is 9.89 Å². The Kier molecular flexibility index (Phi) is 4.39. The first-order valence-corrected chi connectivity index (χ1v) is 7.52. The molecule has 1 aliphatic rings. The first-order chi connectivity index (χ1) is 10.7. The van der Waals surface area contributed by atoms with Crippen LogP contribution in [-0.2, 0) is 6.54 Å². The van der Waals surface area contributed by atoms with Gasteiger partial charge in [-0.15, -0.1) is 0 Å². The number of anilines is 1. The van der Waals surface area contributed by atoms with Crippen LogP contribution in [0, 0.1) is 0 Å². The molecule has 6 heteroatoms. The molecule has 0 spiro atoms. The number of hydrogen-bond donors (Lipinski definition) is 3. The molecule has 22 heavy (non-hydrogen) atoms. The molecule has 2 heterocycles. The molecule has 3 rings (SSSR count). The van der Waals surface area contributed by atoms with Crippen molar-refractivity contribution in [3.05, 3.63) is 47.8 Å². The lowest BCUT2D eigenvalue weighted by Gasteiger charge is -2.30. The second-order valence-electron chi connectivity index (χ2n) is 5.56. The molecule has 1 amide bonds. The first-order valence-electron chi connectivity index (χ1n) is 7.52. The molecule has 1 atom stereocenters. The van der Waals surface area contributed by atoms with Gasteiger partial charge in [-0.1, -0.05) is 6.07 Å². The van der Waals surface area contributed by atoms with Gasteiger partial charge in [-0.05, 0) is 37.1 Å². The van der Waals surface area contributed by atoms with Crippen LogP contribution in [0.15, 0.2) is 36.5 Å². The molecule has 1 aliphatic heterocycles. The highest BCUT2D eigenvalue weighted by Crippen LogP contribution is 2.17. The summed E-state index contributed by atoms with van der Waals surface area (Å²) in [6.07, 6.45) is 2.93. The number of carbonyl (C=O) groups is 1. The predicted molar refractivity (Wildman–Crippen MR) is 83.5 cm³/mol. The van der Waals surface area contributed by atoms with Gasteiger partial charge < -0.3 is 15.3 Å². The number of piperidine rings is 1. The minimum Gasteiger partial charge on any atom is -0.391 e. The lowest BCUT2D eigenvalue weighted by Crippen LogP contribution is -2.42. The van der Waals surface area contributed by atoms with Crippen LogP contribution in [0.5, 0.6) is 0 Å². The van der Waals surface area contributed by atoms with E-state index in [1.165, 1.54) is 0 Å². The number of aliphatic hydroxyl groups is 1. The molecule has 0 radical (unpaired) electrons. The van der Waals surface area contributed by atoms with Crippen LogP contribution in [0.25, 0.3) is 0 Å². The number of rotatable bonds is 4. The van der Waals surface area contributed by atoms with Crippen molar-refractivity contribution in [2.45, 2.75) is 25.5 Å². The van der Waals surface area contributed by atoms with Crippen LogP contribution in [0.1, 0.15) is 28.9 Å². The summed E-state index contributed by atoms with van der Waals surface area (Å²) < 4.78 is 0. The van der Waals surface area contributed by atoms with Gasteiger partial charge in [-0.2, -0.15) is 5.10 Å². The van der Waals surface area contributed by atoms with E-state index in [1.54, 1.807) is 11.1 Å². The van der Waals surface area contributed by atoms with E-state index in [4.69, 9.17) is 0 Å². The van der Waals surface area contributed by atoms with Crippen molar-refractivity contribution in [3.8, 4) is 0 Å². The van der Waals surface area contributed by atoms with Gasteiger partial charge in [0.25, 0.3) is 5.91 Å². The lowest BCUT2D eigenvalue weighted by atomic mass is 10.1. The Labute approximate surface area is 129 Å². The highest BCUT2D eigenvalue weighted by atomic mass is 16.3. The van der Waals surface area contributed by atoms with Crippen LogP contribution in [-0.4, -0.2) is 45.3 Å². The SMILES string of the molecule is O=C(c1cccc(NCc2ccn[nH]2)c1)N1CCCC(O)C1. The Hall–Kier alpha value is -2.34. The van der Waals surface area contributed by atoms with E-state index in [1.807, 2.05) is 30.3 Å². The molecule has 2 aromatic rings. The van der Waals surface area contributed by atoms with Gasteiger partial charge in [0.2, 0.25) is 0 Å². The zero-order valence-corrected chi connectivity index (χ0v) is 12.3. The number of carbonyl (C=O) groups excluding carboxylic acids is 1. The third-order valence-corrected chi connectivity index (χ3v) is 3.83. The van der Waals surface area contributed by atoms with Crippen molar-refractivity contribution in [1.82, 2.24) is 15.1 Å². The molecular weight excluding hydrogens is 280 g/mol. The Balaban J connectivity index is 1.66. The predicted octanol–water partition coefficient (Wildman–Crippen LogP) is 1.62. The second kappa shape index (κ2) is 6.62. The fourth-order valence-corrected chi connectivity index (χ4v) is 2.66. The van der Waals surface area contributed by atoms with Crippen molar-refractivity contribution in [3.63, 3.8) is 0 Å². The van der Waals surface area contributed by atoms with Crippen molar-refractivity contribution in [2.75, 3.05) is 18.4 Å². The van der Waals surface area contributed by atoms with Crippen LogP contribution < -0.4 is 5.32 Å². The van der Waals surface area contributed by atoms with Gasteiger partial charge >= 0.3 is 0 Å². The minimum atomic E-state index is -0.403. The zero-order valence-electron chi connectivity index (χ0n) is 12.3. The Morgan fingerprint density at radius 3 is 3.14 bits per heavy atom. The third kappa shape index (κ3) is 3.46. The van der Waals surface area contributed by atoms with Crippen LogP contribution in [0.3, 0.4) is 0 Å². The molecule has 1 unspecified atom stereocenters. The standard InChI is InChI=1S/C16H20N4O2/c21-15-5-2-8-20(11-15)16(22)12-3-1-4-13(9-12)17-10-14-6-7-18-19-14/h1,3-4,6-7,9,15,17,21H,2,5,8,10-11H2,(H,18,19). The van der Waals surface area contributed by atoms with Gasteiger partial charge in [0.15, 0.2) is 0 Å². The zero-order chi connectivity index (χ0) is 15.4. The summed E-state index contributed by atoms with van der Waals surface area (Å²) >= 11 is 0. The summed E-state index contributed by atoms with van der Waals surface area (Å²) in [6, 6.07) is 9.35. The van der Waals surface area contributed by atoms with E-state index in [2.05, 4.69) is 15.5 Å². The number of benzene rings is 1. The third-order valence-electron chi connectivity index (χ3n) is 3.83. The lowest BCUT2D eigenvalue weighted by molar-refractivity contribution is 0.0474. The number of aromatic amines is 1. The molecule has 6 nitrogen and oxygen atoms in total.